The van der Waals surface area contributed by atoms with Gasteiger partial charge < -0.3 is 5.32 Å². The van der Waals surface area contributed by atoms with Gasteiger partial charge in [0.2, 0.25) is 0 Å². The Morgan fingerprint density at radius 2 is 1.80 bits per heavy atom. The minimum atomic E-state index is 0.365. The molecule has 2 aromatic carbocycles. The van der Waals surface area contributed by atoms with Gasteiger partial charge >= 0.3 is 0 Å². The highest BCUT2D eigenvalue weighted by Gasteiger charge is 2.14. The predicted octanol–water partition coefficient (Wildman–Crippen LogP) is 5.30. The maximum Gasteiger partial charge on any atom is 0.0439 e. The zero-order chi connectivity index (χ0) is 14.5. The standard InChI is InChI=1S/C16H16BrCl2N/c1-20-10-13(11-2-4-14(17)5-3-11)8-12-9-15(18)6-7-16(12)19/h2-7,9,13,20H,8,10H2,1H3. The van der Waals surface area contributed by atoms with Crippen molar-refractivity contribution < 1.29 is 0 Å². The largest absolute Gasteiger partial charge is 0.319 e. The first-order valence-corrected chi connectivity index (χ1v) is 7.99. The molecule has 0 aliphatic heterocycles. The van der Waals surface area contributed by atoms with E-state index in [4.69, 9.17) is 23.2 Å². The van der Waals surface area contributed by atoms with Crippen molar-refractivity contribution >= 4 is 39.1 Å². The minimum absolute atomic E-state index is 0.365. The van der Waals surface area contributed by atoms with Gasteiger partial charge in [-0.2, -0.15) is 0 Å². The Hall–Kier alpha value is -0.540. The third-order valence-electron chi connectivity index (χ3n) is 3.27. The molecule has 0 bridgehead atoms. The molecule has 106 valence electrons. The highest BCUT2D eigenvalue weighted by atomic mass is 79.9. The van der Waals surface area contributed by atoms with Crippen LogP contribution in [0.5, 0.6) is 0 Å². The molecule has 0 saturated carbocycles. The molecular weight excluding hydrogens is 357 g/mol. The molecule has 2 rings (SSSR count). The van der Waals surface area contributed by atoms with Crippen molar-refractivity contribution in [3.8, 4) is 0 Å². The lowest BCUT2D eigenvalue weighted by atomic mass is 9.92. The average molecular weight is 373 g/mol. The van der Waals surface area contributed by atoms with E-state index in [9.17, 15) is 0 Å². The van der Waals surface area contributed by atoms with E-state index in [-0.39, 0.29) is 0 Å². The second-order valence-corrected chi connectivity index (χ2v) is 6.51. The molecule has 0 radical (unpaired) electrons. The van der Waals surface area contributed by atoms with Crippen LogP contribution in [0.15, 0.2) is 46.9 Å². The maximum absolute atomic E-state index is 6.27. The molecule has 0 saturated heterocycles. The summed E-state index contributed by atoms with van der Waals surface area (Å²) in [5.74, 6) is 0.365. The number of rotatable bonds is 5. The fraction of sp³-hybridized carbons (Fsp3) is 0.250. The van der Waals surface area contributed by atoms with Crippen molar-refractivity contribution in [2.45, 2.75) is 12.3 Å². The normalized spacial score (nSPS) is 12.4. The molecule has 1 N–H and O–H groups in total. The van der Waals surface area contributed by atoms with Crippen LogP contribution in [-0.2, 0) is 6.42 Å². The Morgan fingerprint density at radius 1 is 1.10 bits per heavy atom. The minimum Gasteiger partial charge on any atom is -0.319 e. The predicted molar refractivity (Wildman–Crippen MR) is 91.0 cm³/mol. The van der Waals surface area contributed by atoms with E-state index >= 15 is 0 Å². The van der Waals surface area contributed by atoms with Gasteiger partial charge in [0.25, 0.3) is 0 Å². The fourth-order valence-electron chi connectivity index (χ4n) is 2.25. The lowest BCUT2D eigenvalue weighted by Gasteiger charge is -2.18. The summed E-state index contributed by atoms with van der Waals surface area (Å²) < 4.78 is 1.09. The average Bonchev–Trinajstić information content (AvgIpc) is 2.43. The van der Waals surface area contributed by atoms with Crippen LogP contribution in [0.2, 0.25) is 10.0 Å². The number of nitrogens with one attached hydrogen (secondary N) is 1. The first-order chi connectivity index (χ1) is 9.60. The molecule has 0 aromatic heterocycles. The summed E-state index contributed by atoms with van der Waals surface area (Å²) in [4.78, 5) is 0. The van der Waals surface area contributed by atoms with Crippen LogP contribution in [0.4, 0.5) is 0 Å². The summed E-state index contributed by atoms with van der Waals surface area (Å²) in [6.07, 6.45) is 0.863. The van der Waals surface area contributed by atoms with Crippen molar-refractivity contribution in [1.29, 1.82) is 0 Å². The van der Waals surface area contributed by atoms with Gasteiger partial charge in [-0.25, -0.2) is 0 Å². The smallest absolute Gasteiger partial charge is 0.0439 e. The van der Waals surface area contributed by atoms with Crippen LogP contribution < -0.4 is 5.32 Å². The van der Waals surface area contributed by atoms with E-state index in [0.717, 1.165) is 33.0 Å². The van der Waals surface area contributed by atoms with Crippen LogP contribution in [0.25, 0.3) is 0 Å². The number of likely N-dealkylation sites (N-methyl/N-ethyl adjacent to an activating group) is 1. The molecule has 0 aliphatic carbocycles. The molecule has 0 fully saturated rings. The first kappa shape index (κ1) is 15.8. The molecule has 0 spiro atoms. The number of hydrogen-bond acceptors (Lipinski definition) is 1. The van der Waals surface area contributed by atoms with E-state index in [0.29, 0.717) is 5.92 Å². The number of hydrogen-bond donors (Lipinski definition) is 1. The van der Waals surface area contributed by atoms with Gasteiger partial charge in [-0.1, -0.05) is 51.3 Å². The van der Waals surface area contributed by atoms with Gasteiger partial charge in [-0.05, 0) is 54.9 Å². The molecule has 1 unspecified atom stereocenters. The Bertz CT molecular complexity index is 569. The van der Waals surface area contributed by atoms with Crippen molar-refractivity contribution in [3.63, 3.8) is 0 Å². The molecule has 20 heavy (non-hydrogen) atoms. The highest BCUT2D eigenvalue weighted by molar-refractivity contribution is 9.10. The van der Waals surface area contributed by atoms with Crippen LogP contribution in [-0.4, -0.2) is 13.6 Å². The molecule has 4 heteroatoms. The van der Waals surface area contributed by atoms with Gasteiger partial charge in [0.15, 0.2) is 0 Å². The summed E-state index contributed by atoms with van der Waals surface area (Å²) in [7, 11) is 1.96. The van der Waals surface area contributed by atoms with E-state index in [2.05, 4.69) is 45.5 Å². The van der Waals surface area contributed by atoms with Crippen molar-refractivity contribution in [2.75, 3.05) is 13.6 Å². The van der Waals surface area contributed by atoms with Crippen LogP contribution in [0.1, 0.15) is 17.0 Å². The third kappa shape index (κ3) is 4.23. The molecular formula is C16H16BrCl2N. The topological polar surface area (TPSA) is 12.0 Å². The molecule has 0 heterocycles. The fourth-order valence-corrected chi connectivity index (χ4v) is 2.91. The second-order valence-electron chi connectivity index (χ2n) is 4.75. The SMILES string of the molecule is CNCC(Cc1cc(Cl)ccc1Cl)c1ccc(Br)cc1. The highest BCUT2D eigenvalue weighted by Crippen LogP contribution is 2.28. The van der Waals surface area contributed by atoms with E-state index in [1.54, 1.807) is 0 Å². The molecule has 1 nitrogen and oxygen atoms in total. The Labute approximate surface area is 138 Å². The number of benzene rings is 2. The summed E-state index contributed by atoms with van der Waals surface area (Å²) >= 11 is 15.8. The lowest BCUT2D eigenvalue weighted by molar-refractivity contribution is 0.626. The van der Waals surface area contributed by atoms with E-state index in [1.165, 1.54) is 5.56 Å². The van der Waals surface area contributed by atoms with Crippen LogP contribution in [0, 0.1) is 0 Å². The van der Waals surface area contributed by atoms with Gasteiger partial charge in [-0.15, -0.1) is 0 Å². The van der Waals surface area contributed by atoms with Crippen molar-refractivity contribution in [3.05, 3.63) is 68.1 Å². The van der Waals surface area contributed by atoms with E-state index in [1.807, 2.05) is 25.2 Å². The van der Waals surface area contributed by atoms with Gasteiger partial charge in [-0.3, -0.25) is 0 Å². The van der Waals surface area contributed by atoms with E-state index < -0.39 is 0 Å². The molecule has 2 aromatic rings. The summed E-state index contributed by atoms with van der Waals surface area (Å²) in [5.41, 5.74) is 2.38. The van der Waals surface area contributed by atoms with Crippen LogP contribution >= 0.6 is 39.1 Å². The molecule has 1 atom stereocenters. The lowest BCUT2D eigenvalue weighted by Crippen LogP contribution is -2.19. The summed E-state index contributed by atoms with van der Waals surface area (Å²) in [6.45, 7) is 0.893. The number of halogens is 3. The third-order valence-corrected chi connectivity index (χ3v) is 4.40. The quantitative estimate of drug-likeness (QED) is 0.750. The van der Waals surface area contributed by atoms with Crippen LogP contribution in [0.3, 0.4) is 0 Å². The molecule has 0 amide bonds. The van der Waals surface area contributed by atoms with Gasteiger partial charge in [0.1, 0.15) is 0 Å². The molecule has 0 aliphatic rings. The Morgan fingerprint density at radius 3 is 2.45 bits per heavy atom. The summed E-state index contributed by atoms with van der Waals surface area (Å²) in [5, 5.41) is 4.74. The van der Waals surface area contributed by atoms with Gasteiger partial charge in [0.05, 0.1) is 0 Å². The monoisotopic (exact) mass is 371 g/mol. The maximum atomic E-state index is 6.27. The van der Waals surface area contributed by atoms with Crippen molar-refractivity contribution in [2.24, 2.45) is 0 Å². The zero-order valence-electron chi connectivity index (χ0n) is 11.2. The summed E-state index contributed by atoms with van der Waals surface area (Å²) in [6, 6.07) is 14.0. The van der Waals surface area contributed by atoms with Crippen molar-refractivity contribution in [1.82, 2.24) is 5.32 Å². The Balaban J connectivity index is 2.25. The second kappa shape index (κ2) is 7.46. The Kier molecular flexibility index (Phi) is 5.91. The first-order valence-electron chi connectivity index (χ1n) is 6.44. The zero-order valence-corrected chi connectivity index (χ0v) is 14.3. The van der Waals surface area contributed by atoms with Gasteiger partial charge in [0, 0.05) is 27.0 Å².